The van der Waals surface area contributed by atoms with Crippen molar-refractivity contribution < 1.29 is 4.79 Å². The molecule has 0 atom stereocenters. The summed E-state index contributed by atoms with van der Waals surface area (Å²) in [6, 6.07) is 3.70. The zero-order chi connectivity index (χ0) is 9.14. The Morgan fingerprint density at radius 2 is 2.23 bits per heavy atom. The average Bonchev–Trinajstić information content (AvgIpc) is 2.48. The molecule has 0 aliphatic rings. The van der Waals surface area contributed by atoms with Crippen molar-refractivity contribution >= 4 is 18.3 Å². The maximum absolute atomic E-state index is 11.6. The number of halogens is 1. The van der Waals surface area contributed by atoms with E-state index in [1.165, 1.54) is 0 Å². The van der Waals surface area contributed by atoms with Crippen LogP contribution in [0.25, 0.3) is 0 Å². The molecule has 0 aromatic carbocycles. The first-order valence-corrected chi connectivity index (χ1v) is 4.03. The van der Waals surface area contributed by atoms with Gasteiger partial charge in [0.2, 0.25) is 0 Å². The Balaban J connectivity index is 0.00000144. The lowest BCUT2D eigenvalue weighted by molar-refractivity contribution is 0.0793. The van der Waals surface area contributed by atoms with Gasteiger partial charge in [0.25, 0.3) is 5.91 Å². The Morgan fingerprint density at radius 3 is 2.62 bits per heavy atom. The smallest absolute Gasteiger partial charge is 0.270 e. The number of carbonyl (C=O) groups is 1. The van der Waals surface area contributed by atoms with Crippen molar-refractivity contribution in [1.82, 2.24) is 9.47 Å². The van der Waals surface area contributed by atoms with Gasteiger partial charge in [-0.2, -0.15) is 0 Å². The summed E-state index contributed by atoms with van der Waals surface area (Å²) < 4.78 is 1.83. The second-order valence-electron chi connectivity index (χ2n) is 2.82. The van der Waals surface area contributed by atoms with Gasteiger partial charge in [0.1, 0.15) is 5.69 Å². The third-order valence-corrected chi connectivity index (χ3v) is 1.98. The molecule has 0 aliphatic heterocycles. The fourth-order valence-electron chi connectivity index (χ4n) is 1.02. The van der Waals surface area contributed by atoms with Crippen LogP contribution in [0.2, 0.25) is 0 Å². The fourth-order valence-corrected chi connectivity index (χ4v) is 1.02. The SMILES string of the molecule is CCN(C)C(=O)c1cccn1C.Cl. The molecule has 0 aliphatic carbocycles. The zero-order valence-electron chi connectivity index (χ0n) is 8.15. The van der Waals surface area contributed by atoms with Crippen LogP contribution in [0.5, 0.6) is 0 Å². The van der Waals surface area contributed by atoms with Crippen molar-refractivity contribution in [2.45, 2.75) is 6.92 Å². The van der Waals surface area contributed by atoms with E-state index in [0.29, 0.717) is 0 Å². The van der Waals surface area contributed by atoms with Crippen LogP contribution in [-0.4, -0.2) is 29.0 Å². The molecule has 4 heteroatoms. The fraction of sp³-hybridized carbons (Fsp3) is 0.444. The molecule has 0 saturated heterocycles. The predicted molar refractivity (Wildman–Crippen MR) is 55.3 cm³/mol. The van der Waals surface area contributed by atoms with E-state index in [1.807, 2.05) is 36.9 Å². The number of amides is 1. The molecule has 3 nitrogen and oxygen atoms in total. The van der Waals surface area contributed by atoms with Gasteiger partial charge in [-0.05, 0) is 19.1 Å². The van der Waals surface area contributed by atoms with Gasteiger partial charge in [-0.3, -0.25) is 4.79 Å². The largest absolute Gasteiger partial charge is 0.347 e. The van der Waals surface area contributed by atoms with E-state index >= 15 is 0 Å². The van der Waals surface area contributed by atoms with Crippen molar-refractivity contribution in [3.8, 4) is 0 Å². The summed E-state index contributed by atoms with van der Waals surface area (Å²) in [6.45, 7) is 2.70. The van der Waals surface area contributed by atoms with E-state index in [1.54, 1.807) is 11.9 Å². The number of aryl methyl sites for hydroxylation is 1. The third-order valence-electron chi connectivity index (χ3n) is 1.98. The van der Waals surface area contributed by atoms with E-state index in [0.717, 1.165) is 12.2 Å². The van der Waals surface area contributed by atoms with Gasteiger partial charge in [0.05, 0.1) is 0 Å². The summed E-state index contributed by atoms with van der Waals surface area (Å²) in [6.07, 6.45) is 1.87. The highest BCUT2D eigenvalue weighted by Crippen LogP contribution is 2.02. The van der Waals surface area contributed by atoms with E-state index in [9.17, 15) is 4.79 Å². The van der Waals surface area contributed by atoms with E-state index in [-0.39, 0.29) is 18.3 Å². The Hall–Kier alpha value is -0.960. The van der Waals surface area contributed by atoms with Crippen LogP contribution in [0, 0.1) is 0 Å². The van der Waals surface area contributed by atoms with Crippen LogP contribution in [-0.2, 0) is 7.05 Å². The minimum Gasteiger partial charge on any atom is -0.347 e. The van der Waals surface area contributed by atoms with Gasteiger partial charge >= 0.3 is 0 Å². The zero-order valence-corrected chi connectivity index (χ0v) is 8.97. The highest BCUT2D eigenvalue weighted by Gasteiger charge is 2.11. The maximum Gasteiger partial charge on any atom is 0.270 e. The molecule has 1 heterocycles. The molecule has 1 aromatic rings. The summed E-state index contributed by atoms with van der Waals surface area (Å²) in [7, 11) is 3.67. The first kappa shape index (κ1) is 12.0. The van der Waals surface area contributed by atoms with Crippen molar-refractivity contribution in [2.75, 3.05) is 13.6 Å². The second kappa shape index (κ2) is 4.92. The van der Waals surface area contributed by atoms with Crippen LogP contribution in [0.1, 0.15) is 17.4 Å². The summed E-state index contributed by atoms with van der Waals surface area (Å²) in [5.74, 6) is 0.0741. The summed E-state index contributed by atoms with van der Waals surface area (Å²) in [4.78, 5) is 13.3. The molecule has 74 valence electrons. The standard InChI is InChI=1S/C9H14N2O.ClH/c1-4-10(2)9(12)8-6-5-7-11(8)3;/h5-7H,4H2,1-3H3;1H. The molecule has 0 saturated carbocycles. The number of hydrogen-bond donors (Lipinski definition) is 0. The van der Waals surface area contributed by atoms with Gasteiger partial charge in [0.15, 0.2) is 0 Å². The molecule has 0 spiro atoms. The minimum absolute atomic E-state index is 0. The molecule has 0 fully saturated rings. The van der Waals surface area contributed by atoms with Gasteiger partial charge in [-0.15, -0.1) is 12.4 Å². The Morgan fingerprint density at radius 1 is 1.62 bits per heavy atom. The molecule has 1 aromatic heterocycles. The molecule has 0 radical (unpaired) electrons. The summed E-state index contributed by atoms with van der Waals surface area (Å²) in [5, 5.41) is 0. The van der Waals surface area contributed by atoms with Crippen molar-refractivity contribution in [3.63, 3.8) is 0 Å². The molecular formula is C9H15ClN2O. The number of nitrogens with zero attached hydrogens (tertiary/aromatic N) is 2. The number of aromatic nitrogens is 1. The van der Waals surface area contributed by atoms with Crippen LogP contribution in [0.4, 0.5) is 0 Å². The predicted octanol–water partition coefficient (Wildman–Crippen LogP) is 1.54. The lowest BCUT2D eigenvalue weighted by atomic mass is 10.4. The van der Waals surface area contributed by atoms with Crippen molar-refractivity contribution in [1.29, 1.82) is 0 Å². The highest BCUT2D eigenvalue weighted by atomic mass is 35.5. The molecule has 13 heavy (non-hydrogen) atoms. The van der Waals surface area contributed by atoms with Gasteiger partial charge in [-0.1, -0.05) is 0 Å². The average molecular weight is 203 g/mol. The van der Waals surface area contributed by atoms with E-state index in [2.05, 4.69) is 0 Å². The van der Waals surface area contributed by atoms with Crippen LogP contribution >= 0.6 is 12.4 Å². The molecule has 0 unspecified atom stereocenters. The van der Waals surface area contributed by atoms with Crippen LogP contribution in [0.3, 0.4) is 0 Å². The van der Waals surface area contributed by atoms with Crippen molar-refractivity contribution in [3.05, 3.63) is 24.0 Å². The third kappa shape index (κ3) is 2.49. The molecule has 0 N–H and O–H groups in total. The first-order chi connectivity index (χ1) is 5.66. The lowest BCUT2D eigenvalue weighted by Crippen LogP contribution is -2.27. The quantitative estimate of drug-likeness (QED) is 0.714. The Bertz CT molecular complexity index is 283. The minimum atomic E-state index is 0. The Labute approximate surface area is 84.7 Å². The second-order valence-corrected chi connectivity index (χ2v) is 2.82. The maximum atomic E-state index is 11.6. The first-order valence-electron chi connectivity index (χ1n) is 4.03. The van der Waals surface area contributed by atoms with E-state index < -0.39 is 0 Å². The molecule has 1 rings (SSSR count). The topological polar surface area (TPSA) is 25.2 Å². The van der Waals surface area contributed by atoms with Gasteiger partial charge in [-0.25, -0.2) is 0 Å². The monoisotopic (exact) mass is 202 g/mol. The lowest BCUT2D eigenvalue weighted by Gasteiger charge is -2.14. The van der Waals surface area contributed by atoms with Gasteiger partial charge in [0, 0.05) is 26.8 Å². The van der Waals surface area contributed by atoms with E-state index in [4.69, 9.17) is 0 Å². The number of rotatable bonds is 2. The van der Waals surface area contributed by atoms with Crippen LogP contribution < -0.4 is 0 Å². The summed E-state index contributed by atoms with van der Waals surface area (Å²) in [5.41, 5.74) is 0.736. The van der Waals surface area contributed by atoms with Crippen LogP contribution in [0.15, 0.2) is 18.3 Å². The summed E-state index contributed by atoms with van der Waals surface area (Å²) >= 11 is 0. The van der Waals surface area contributed by atoms with Gasteiger partial charge < -0.3 is 9.47 Å². The number of hydrogen-bond acceptors (Lipinski definition) is 1. The van der Waals surface area contributed by atoms with Crippen molar-refractivity contribution in [2.24, 2.45) is 7.05 Å². The molecule has 1 amide bonds. The molecular weight excluding hydrogens is 188 g/mol. The molecule has 0 bridgehead atoms. The Kier molecular flexibility index (Phi) is 4.56. The number of carbonyl (C=O) groups excluding carboxylic acids is 1. The highest BCUT2D eigenvalue weighted by molar-refractivity contribution is 5.92. The normalized spacial score (nSPS) is 9.15.